The molecule has 0 spiro atoms. The number of aromatic nitrogens is 1. The third-order valence-corrected chi connectivity index (χ3v) is 5.04. The molecule has 1 aromatic heterocycles. The lowest BCUT2D eigenvalue weighted by Crippen LogP contribution is -1.90. The van der Waals surface area contributed by atoms with Gasteiger partial charge in [0.15, 0.2) is 5.58 Å². The predicted octanol–water partition coefficient (Wildman–Crippen LogP) is 6.15. The molecule has 0 amide bonds. The third kappa shape index (κ3) is 3.54. The van der Waals surface area contributed by atoms with Crippen LogP contribution < -0.4 is 0 Å². The van der Waals surface area contributed by atoms with Crippen molar-refractivity contribution in [1.29, 1.82) is 0 Å². The van der Waals surface area contributed by atoms with E-state index >= 15 is 0 Å². The number of phenolic OH excluding ortho intramolecular Hbond substituents is 1. The van der Waals surface area contributed by atoms with Crippen LogP contribution in [0.5, 0.6) is 5.75 Å². The number of hydrogen-bond acceptors (Lipinski definition) is 6. The summed E-state index contributed by atoms with van der Waals surface area (Å²) in [6.45, 7) is 0. The average molecular weight is 427 g/mol. The summed E-state index contributed by atoms with van der Waals surface area (Å²) >= 11 is 0. The molecule has 7 nitrogen and oxygen atoms in total. The summed E-state index contributed by atoms with van der Waals surface area (Å²) in [6.07, 6.45) is 1.51. The maximum absolute atomic E-state index is 13.2. The van der Waals surface area contributed by atoms with E-state index in [2.05, 4.69) is 9.98 Å². The summed E-state index contributed by atoms with van der Waals surface area (Å²) in [7, 11) is 0. The normalized spacial score (nSPS) is 11.5. The molecule has 0 aliphatic rings. The minimum Gasteiger partial charge on any atom is -0.507 e. The van der Waals surface area contributed by atoms with Crippen LogP contribution in [0.1, 0.15) is 5.56 Å². The van der Waals surface area contributed by atoms with Gasteiger partial charge in [0.25, 0.3) is 5.69 Å². The van der Waals surface area contributed by atoms with Gasteiger partial charge in [-0.2, -0.15) is 0 Å². The van der Waals surface area contributed by atoms with Gasteiger partial charge >= 0.3 is 0 Å². The maximum atomic E-state index is 13.2. The zero-order valence-corrected chi connectivity index (χ0v) is 16.4. The Morgan fingerprint density at radius 3 is 2.62 bits per heavy atom. The van der Waals surface area contributed by atoms with Crippen molar-refractivity contribution in [3.63, 3.8) is 0 Å². The van der Waals surface area contributed by atoms with Gasteiger partial charge in [0.1, 0.15) is 17.1 Å². The first-order valence-corrected chi connectivity index (χ1v) is 9.59. The second-order valence-corrected chi connectivity index (χ2v) is 7.10. The van der Waals surface area contributed by atoms with Crippen molar-refractivity contribution in [2.75, 3.05) is 0 Å². The monoisotopic (exact) mass is 427 g/mol. The molecule has 0 unspecified atom stereocenters. The zero-order valence-electron chi connectivity index (χ0n) is 16.4. The molecule has 0 radical (unpaired) electrons. The summed E-state index contributed by atoms with van der Waals surface area (Å²) in [4.78, 5) is 19.4. The minimum absolute atomic E-state index is 0.0104. The number of nitro benzene ring substituents is 1. The topological polar surface area (TPSA) is 102 Å². The molecule has 0 bridgehead atoms. The van der Waals surface area contributed by atoms with E-state index < -0.39 is 4.92 Å². The summed E-state index contributed by atoms with van der Waals surface area (Å²) in [5, 5.41) is 22.6. The number of fused-ring (bicyclic) bond motifs is 2. The van der Waals surface area contributed by atoms with Crippen molar-refractivity contribution in [2.45, 2.75) is 0 Å². The molecule has 8 heteroatoms. The summed E-state index contributed by atoms with van der Waals surface area (Å²) in [5.41, 5.74) is 2.79. The van der Waals surface area contributed by atoms with E-state index in [9.17, 15) is 19.6 Å². The lowest BCUT2D eigenvalue weighted by molar-refractivity contribution is -0.384. The van der Waals surface area contributed by atoms with Crippen LogP contribution in [0.15, 0.2) is 82.2 Å². The smallest absolute Gasteiger partial charge is 0.270 e. The zero-order chi connectivity index (χ0) is 22.2. The van der Waals surface area contributed by atoms with E-state index in [-0.39, 0.29) is 17.3 Å². The van der Waals surface area contributed by atoms with Gasteiger partial charge in [-0.1, -0.05) is 6.07 Å². The quantitative estimate of drug-likeness (QED) is 0.210. The molecule has 4 aromatic carbocycles. The molecule has 1 heterocycles. The van der Waals surface area contributed by atoms with Crippen LogP contribution in [0.2, 0.25) is 0 Å². The van der Waals surface area contributed by atoms with Gasteiger partial charge in [-0.3, -0.25) is 15.1 Å². The molecule has 32 heavy (non-hydrogen) atoms. The fraction of sp³-hybridized carbons (Fsp3) is 0. The van der Waals surface area contributed by atoms with E-state index in [0.29, 0.717) is 44.6 Å². The fourth-order valence-corrected chi connectivity index (χ4v) is 3.43. The van der Waals surface area contributed by atoms with Crippen molar-refractivity contribution in [2.24, 2.45) is 4.99 Å². The Hall–Kier alpha value is -4.59. The molecule has 0 fully saturated rings. The van der Waals surface area contributed by atoms with Crippen molar-refractivity contribution >= 4 is 39.5 Å². The lowest BCUT2D eigenvalue weighted by atomic mass is 10.0. The van der Waals surface area contributed by atoms with Crippen LogP contribution in [0.3, 0.4) is 0 Å². The first kappa shape index (κ1) is 19.4. The second-order valence-electron chi connectivity index (χ2n) is 7.10. The Morgan fingerprint density at radius 2 is 1.84 bits per heavy atom. The summed E-state index contributed by atoms with van der Waals surface area (Å²) in [5.74, 6) is 0.0402. The molecule has 0 aliphatic heterocycles. The number of benzene rings is 4. The first-order valence-electron chi connectivity index (χ1n) is 9.59. The number of nitrogens with zero attached hydrogens (tertiary/aromatic N) is 3. The van der Waals surface area contributed by atoms with Crippen LogP contribution in [-0.4, -0.2) is 21.2 Å². The van der Waals surface area contributed by atoms with Crippen molar-refractivity contribution in [3.05, 3.63) is 94.3 Å². The Balaban J connectivity index is 1.50. The summed E-state index contributed by atoms with van der Waals surface area (Å²) < 4.78 is 18.9. The van der Waals surface area contributed by atoms with Gasteiger partial charge in [0.05, 0.1) is 10.6 Å². The van der Waals surface area contributed by atoms with Crippen molar-refractivity contribution < 1.29 is 18.8 Å². The minimum atomic E-state index is -0.465. The van der Waals surface area contributed by atoms with Crippen LogP contribution in [0.4, 0.5) is 15.8 Å². The number of oxazole rings is 1. The van der Waals surface area contributed by atoms with Gasteiger partial charge < -0.3 is 9.52 Å². The number of halogens is 1. The van der Waals surface area contributed by atoms with E-state index in [1.165, 1.54) is 36.5 Å². The van der Waals surface area contributed by atoms with Crippen molar-refractivity contribution in [1.82, 2.24) is 4.98 Å². The van der Waals surface area contributed by atoms with Gasteiger partial charge in [0.2, 0.25) is 5.89 Å². The highest BCUT2D eigenvalue weighted by molar-refractivity contribution is 6.03. The number of nitro groups is 1. The predicted molar refractivity (Wildman–Crippen MR) is 119 cm³/mol. The van der Waals surface area contributed by atoms with Gasteiger partial charge in [-0.05, 0) is 65.4 Å². The molecule has 0 saturated carbocycles. The molecule has 0 saturated heterocycles. The van der Waals surface area contributed by atoms with E-state index in [0.717, 1.165) is 0 Å². The molecular weight excluding hydrogens is 413 g/mol. The highest BCUT2D eigenvalue weighted by atomic mass is 19.1. The number of aliphatic imine (C=N–C) groups is 1. The van der Waals surface area contributed by atoms with Gasteiger partial charge in [-0.15, -0.1) is 0 Å². The highest BCUT2D eigenvalue weighted by Crippen LogP contribution is 2.30. The molecule has 0 aliphatic carbocycles. The maximum Gasteiger partial charge on any atom is 0.270 e. The first-order chi connectivity index (χ1) is 15.5. The number of phenols is 1. The molecule has 5 rings (SSSR count). The second kappa shape index (κ2) is 7.59. The number of rotatable bonds is 4. The Labute approximate surface area is 180 Å². The SMILES string of the molecule is O=[N+]([O-])c1ccc2c(C=Nc3ccc4oc(-c5ccc(F)cc5)nc4c3)c(O)ccc2c1. The Morgan fingerprint density at radius 1 is 1.03 bits per heavy atom. The summed E-state index contributed by atoms with van der Waals surface area (Å²) in [6, 6.07) is 18.6. The van der Waals surface area contributed by atoms with Crippen LogP contribution in [-0.2, 0) is 0 Å². The van der Waals surface area contributed by atoms with Crippen LogP contribution in [0, 0.1) is 15.9 Å². The average Bonchev–Trinajstić information content (AvgIpc) is 3.22. The molecule has 0 atom stereocenters. The Kier molecular flexibility index (Phi) is 4.59. The fourth-order valence-electron chi connectivity index (χ4n) is 3.43. The number of hydrogen-bond donors (Lipinski definition) is 1. The van der Waals surface area contributed by atoms with Crippen LogP contribution >= 0.6 is 0 Å². The molecule has 1 N–H and O–H groups in total. The lowest BCUT2D eigenvalue weighted by Gasteiger charge is -2.05. The molecular formula is C24H14FN3O4. The Bertz CT molecular complexity index is 1520. The molecule has 156 valence electrons. The van der Waals surface area contributed by atoms with Crippen LogP contribution in [0.25, 0.3) is 33.3 Å². The molecule has 5 aromatic rings. The van der Waals surface area contributed by atoms with Crippen molar-refractivity contribution in [3.8, 4) is 17.2 Å². The standard InChI is InChI=1S/C24H14FN3O4/c25-16-4-1-14(2-5-16)24-27-21-12-17(6-10-23(21)32-24)26-13-20-19-8-7-18(28(30)31)11-15(19)3-9-22(20)29/h1-13,29H. The largest absolute Gasteiger partial charge is 0.507 e. The number of aromatic hydroxyl groups is 1. The van der Waals surface area contributed by atoms with E-state index in [1.807, 2.05) is 0 Å². The highest BCUT2D eigenvalue weighted by Gasteiger charge is 2.11. The van der Waals surface area contributed by atoms with Gasteiger partial charge in [0, 0.05) is 29.5 Å². The number of non-ortho nitro benzene ring substituents is 1. The van der Waals surface area contributed by atoms with Gasteiger partial charge in [-0.25, -0.2) is 9.37 Å². The third-order valence-electron chi connectivity index (χ3n) is 5.04. The van der Waals surface area contributed by atoms with E-state index in [4.69, 9.17) is 4.42 Å². The van der Waals surface area contributed by atoms with E-state index in [1.54, 1.807) is 42.5 Å².